The minimum Gasteiger partial charge on any atom is -0.281 e. The fourth-order valence-electron chi connectivity index (χ4n) is 3.13. The van der Waals surface area contributed by atoms with Gasteiger partial charge in [-0.3, -0.25) is 15.1 Å². The zero-order chi connectivity index (χ0) is 16.4. The number of piperidine rings is 1. The van der Waals surface area contributed by atoms with Gasteiger partial charge in [-0.1, -0.05) is 0 Å². The second-order valence-corrected chi connectivity index (χ2v) is 7.89. The van der Waals surface area contributed by atoms with Gasteiger partial charge >= 0.3 is 0 Å². The minimum atomic E-state index is -3.46. The van der Waals surface area contributed by atoms with Crippen LogP contribution in [-0.4, -0.2) is 46.0 Å². The predicted molar refractivity (Wildman–Crippen MR) is 85.3 cm³/mol. The third kappa shape index (κ3) is 3.28. The maximum atomic E-state index is 12.8. The van der Waals surface area contributed by atoms with Crippen LogP contribution in [0.2, 0.25) is 0 Å². The molecule has 8 heteroatoms. The Hall–Kier alpha value is -1.80. The molecule has 0 bridgehead atoms. The Kier molecular flexibility index (Phi) is 4.45. The normalized spacial score (nSPS) is 17.5. The minimum absolute atomic E-state index is 0.324. The van der Waals surface area contributed by atoms with Gasteiger partial charge in [-0.2, -0.15) is 9.40 Å². The van der Waals surface area contributed by atoms with E-state index in [1.165, 1.54) is 0 Å². The van der Waals surface area contributed by atoms with E-state index in [1.807, 2.05) is 0 Å². The van der Waals surface area contributed by atoms with E-state index in [0.717, 1.165) is 25.0 Å². The monoisotopic (exact) mass is 335 g/mol. The van der Waals surface area contributed by atoms with Gasteiger partial charge in [0.05, 0.1) is 17.1 Å². The predicted octanol–water partition coefficient (Wildman–Crippen LogP) is 1.46. The molecule has 7 nitrogen and oxygen atoms in total. The first-order valence-electron chi connectivity index (χ1n) is 7.75. The fraction of sp³-hybridized carbons (Fsp3) is 0.533. The molecule has 3 rings (SSSR count). The molecule has 2 aromatic heterocycles. The lowest BCUT2D eigenvalue weighted by Crippen LogP contribution is -2.39. The molecule has 0 aromatic carbocycles. The van der Waals surface area contributed by atoms with Crippen LogP contribution in [0, 0.1) is 19.8 Å². The van der Waals surface area contributed by atoms with Crippen LogP contribution in [0.25, 0.3) is 0 Å². The van der Waals surface area contributed by atoms with Crippen molar-refractivity contribution < 1.29 is 8.42 Å². The molecule has 0 amide bonds. The quantitative estimate of drug-likeness (QED) is 0.913. The lowest BCUT2D eigenvalue weighted by molar-refractivity contribution is 0.271. The molecule has 1 saturated heterocycles. The van der Waals surface area contributed by atoms with Gasteiger partial charge in [-0.25, -0.2) is 8.42 Å². The van der Waals surface area contributed by atoms with Gasteiger partial charge < -0.3 is 0 Å². The molecule has 0 atom stereocenters. The summed E-state index contributed by atoms with van der Waals surface area (Å²) in [6.07, 6.45) is 7.66. The van der Waals surface area contributed by atoms with Crippen LogP contribution < -0.4 is 0 Å². The first-order valence-corrected chi connectivity index (χ1v) is 9.19. The van der Waals surface area contributed by atoms with Crippen LogP contribution in [0.4, 0.5) is 0 Å². The topological polar surface area (TPSA) is 91.8 Å². The highest BCUT2D eigenvalue weighted by Gasteiger charge is 2.32. The van der Waals surface area contributed by atoms with Crippen LogP contribution in [0.1, 0.15) is 29.9 Å². The molecule has 0 aliphatic carbocycles. The van der Waals surface area contributed by atoms with E-state index in [4.69, 9.17) is 0 Å². The van der Waals surface area contributed by atoms with E-state index < -0.39 is 10.0 Å². The summed E-state index contributed by atoms with van der Waals surface area (Å²) < 4.78 is 27.2. The zero-order valence-electron chi connectivity index (χ0n) is 13.4. The summed E-state index contributed by atoms with van der Waals surface area (Å²) in [6, 6.07) is 0. The van der Waals surface area contributed by atoms with E-state index >= 15 is 0 Å². The summed E-state index contributed by atoms with van der Waals surface area (Å²) in [5.41, 5.74) is 2.10. The lowest BCUT2D eigenvalue weighted by atomic mass is 9.93. The molecule has 0 radical (unpaired) electrons. The number of H-pyrrole nitrogens is 1. The number of hydrogen-bond donors (Lipinski definition) is 1. The Morgan fingerprint density at radius 1 is 1.26 bits per heavy atom. The zero-order valence-corrected chi connectivity index (χ0v) is 14.2. The molecule has 23 heavy (non-hydrogen) atoms. The molecule has 1 aliphatic heterocycles. The first kappa shape index (κ1) is 16.1. The van der Waals surface area contributed by atoms with Crippen molar-refractivity contribution in [2.75, 3.05) is 13.1 Å². The van der Waals surface area contributed by atoms with Crippen molar-refractivity contribution in [3.05, 3.63) is 35.7 Å². The average molecular weight is 335 g/mol. The van der Waals surface area contributed by atoms with Crippen molar-refractivity contribution in [3.63, 3.8) is 0 Å². The van der Waals surface area contributed by atoms with Crippen LogP contribution in [-0.2, 0) is 16.4 Å². The third-order valence-corrected chi connectivity index (χ3v) is 6.51. The summed E-state index contributed by atoms with van der Waals surface area (Å²) in [7, 11) is -3.46. The molecular weight excluding hydrogens is 314 g/mol. The summed E-state index contributed by atoms with van der Waals surface area (Å²) in [5.74, 6) is 0.449. The van der Waals surface area contributed by atoms with Crippen LogP contribution in [0.3, 0.4) is 0 Å². The Morgan fingerprint density at radius 3 is 2.57 bits per heavy atom. The summed E-state index contributed by atoms with van der Waals surface area (Å²) in [4.78, 5) is 8.70. The smallest absolute Gasteiger partial charge is 0.246 e. The van der Waals surface area contributed by atoms with Crippen molar-refractivity contribution in [1.82, 2.24) is 24.5 Å². The summed E-state index contributed by atoms with van der Waals surface area (Å²) in [5, 5.41) is 6.75. The van der Waals surface area contributed by atoms with Crippen molar-refractivity contribution in [2.24, 2.45) is 5.92 Å². The number of nitrogens with zero attached hydrogens (tertiary/aromatic N) is 4. The van der Waals surface area contributed by atoms with Crippen LogP contribution in [0.5, 0.6) is 0 Å². The van der Waals surface area contributed by atoms with Crippen LogP contribution >= 0.6 is 0 Å². The molecule has 0 unspecified atom stereocenters. The largest absolute Gasteiger partial charge is 0.281 e. The van der Waals surface area contributed by atoms with Gasteiger partial charge in [0.1, 0.15) is 4.90 Å². The fourth-order valence-corrected chi connectivity index (χ4v) is 4.94. The van der Waals surface area contributed by atoms with E-state index in [2.05, 4.69) is 20.2 Å². The highest BCUT2D eigenvalue weighted by atomic mass is 32.2. The molecule has 3 heterocycles. The summed E-state index contributed by atoms with van der Waals surface area (Å²) in [6.45, 7) is 4.54. The van der Waals surface area contributed by atoms with E-state index in [-0.39, 0.29) is 0 Å². The maximum absolute atomic E-state index is 12.8. The Morgan fingerprint density at radius 2 is 2.00 bits per heavy atom. The number of aryl methyl sites for hydroxylation is 2. The number of rotatable bonds is 4. The van der Waals surface area contributed by atoms with E-state index in [9.17, 15) is 8.42 Å². The Bertz CT molecular complexity index is 745. The number of nitrogens with one attached hydrogen (secondary N) is 1. The van der Waals surface area contributed by atoms with Gasteiger partial charge in [0, 0.05) is 31.7 Å². The van der Waals surface area contributed by atoms with E-state index in [1.54, 1.807) is 36.7 Å². The Balaban J connectivity index is 1.67. The standard InChI is InChI=1S/C15H21N5O2S/c1-11-15(12(2)19-18-11)23(21,22)20-7-3-13(4-8-20)9-14-10-16-5-6-17-14/h5-6,10,13H,3-4,7-9H2,1-2H3,(H,18,19). The summed E-state index contributed by atoms with van der Waals surface area (Å²) >= 11 is 0. The van der Waals surface area contributed by atoms with Gasteiger partial charge in [-0.05, 0) is 39.0 Å². The Labute approximate surface area is 136 Å². The third-order valence-electron chi connectivity index (χ3n) is 4.35. The van der Waals surface area contributed by atoms with Gasteiger partial charge in [-0.15, -0.1) is 0 Å². The lowest BCUT2D eigenvalue weighted by Gasteiger charge is -2.31. The van der Waals surface area contributed by atoms with Crippen LogP contribution in [0.15, 0.2) is 23.5 Å². The van der Waals surface area contributed by atoms with E-state index in [0.29, 0.717) is 35.3 Å². The van der Waals surface area contributed by atoms with Crippen molar-refractivity contribution in [1.29, 1.82) is 0 Å². The molecule has 1 N–H and O–H groups in total. The number of aromatic nitrogens is 4. The molecule has 0 saturated carbocycles. The highest BCUT2D eigenvalue weighted by molar-refractivity contribution is 7.89. The average Bonchev–Trinajstić information content (AvgIpc) is 2.88. The number of aromatic amines is 1. The SMILES string of the molecule is Cc1n[nH]c(C)c1S(=O)(=O)N1CCC(Cc2cnccn2)CC1. The van der Waals surface area contributed by atoms with Gasteiger partial charge in [0.2, 0.25) is 10.0 Å². The molecule has 1 aliphatic rings. The van der Waals surface area contributed by atoms with Gasteiger partial charge in [0.15, 0.2) is 0 Å². The second-order valence-electron chi connectivity index (χ2n) is 6.01. The second kappa shape index (κ2) is 6.37. The maximum Gasteiger partial charge on any atom is 0.246 e. The molecule has 124 valence electrons. The van der Waals surface area contributed by atoms with Crippen molar-refractivity contribution >= 4 is 10.0 Å². The van der Waals surface area contributed by atoms with Crippen molar-refractivity contribution in [2.45, 2.75) is 38.0 Å². The van der Waals surface area contributed by atoms with Crippen molar-refractivity contribution in [3.8, 4) is 0 Å². The molecule has 2 aromatic rings. The number of hydrogen-bond acceptors (Lipinski definition) is 5. The molecule has 0 spiro atoms. The first-order chi connectivity index (χ1) is 11.0. The highest BCUT2D eigenvalue weighted by Crippen LogP contribution is 2.27. The van der Waals surface area contributed by atoms with Gasteiger partial charge in [0.25, 0.3) is 0 Å². The molecular formula is C15H21N5O2S. The molecule has 1 fully saturated rings. The number of sulfonamides is 1.